The van der Waals surface area contributed by atoms with Gasteiger partial charge in [-0.2, -0.15) is 0 Å². The number of nitrogens with zero attached hydrogens (tertiary/aromatic N) is 2. The molecule has 9 nitrogen and oxygen atoms in total. The maximum Gasteiger partial charge on any atom is 0.246 e. The van der Waals surface area contributed by atoms with Crippen molar-refractivity contribution in [3.8, 4) is 17.2 Å². The van der Waals surface area contributed by atoms with Gasteiger partial charge in [0.15, 0.2) is 0 Å². The highest BCUT2D eigenvalue weighted by Gasteiger charge is 2.70. The number of imide groups is 2. The number of fused-ring (bicyclic) bond motifs is 4. The van der Waals surface area contributed by atoms with Gasteiger partial charge < -0.3 is 14.9 Å². The first-order valence-electron chi connectivity index (χ1n) is 17.0. The van der Waals surface area contributed by atoms with Crippen LogP contribution >= 0.6 is 11.6 Å². The number of hydrogen-bond donors (Lipinski definition) is 2. The van der Waals surface area contributed by atoms with Crippen molar-refractivity contribution >= 4 is 40.9 Å². The third-order valence-electron chi connectivity index (χ3n) is 11.4. The average Bonchev–Trinajstić information content (AvgIpc) is 3.52. The topological polar surface area (TPSA) is 124 Å². The summed E-state index contributed by atoms with van der Waals surface area (Å²) in [4.78, 5) is 61.0. The van der Waals surface area contributed by atoms with E-state index in [9.17, 15) is 24.6 Å². The van der Waals surface area contributed by atoms with Crippen LogP contribution in [0.15, 0.2) is 109 Å². The molecule has 0 bridgehead atoms. The van der Waals surface area contributed by atoms with Crippen LogP contribution in [-0.4, -0.2) is 52.4 Å². The van der Waals surface area contributed by atoms with Gasteiger partial charge >= 0.3 is 0 Å². The largest absolute Gasteiger partial charge is 0.508 e. The minimum Gasteiger partial charge on any atom is -0.508 e. The molecule has 10 heteroatoms. The number of anilines is 1. The van der Waals surface area contributed by atoms with E-state index in [4.69, 9.17) is 16.3 Å². The molecule has 2 heterocycles. The number of carbonyl (C=O) groups excluding carboxylic acids is 4. The van der Waals surface area contributed by atoms with Gasteiger partial charge in [0, 0.05) is 23.0 Å². The first-order chi connectivity index (χ1) is 24.6. The molecule has 8 rings (SSSR count). The van der Waals surface area contributed by atoms with Crippen LogP contribution in [-0.2, 0) is 31.0 Å². The molecular weight excluding hydrogens is 668 g/mol. The van der Waals surface area contributed by atoms with Gasteiger partial charge in [-0.05, 0) is 84.8 Å². The zero-order chi connectivity index (χ0) is 35.6. The predicted molar refractivity (Wildman–Crippen MR) is 189 cm³/mol. The molecule has 0 aromatic heterocycles. The van der Waals surface area contributed by atoms with Crippen LogP contribution in [0.25, 0.3) is 0 Å². The smallest absolute Gasteiger partial charge is 0.246 e. The van der Waals surface area contributed by atoms with Crippen molar-refractivity contribution in [2.75, 3.05) is 18.6 Å². The summed E-state index contributed by atoms with van der Waals surface area (Å²) in [6.07, 6.45) is 2.80. The van der Waals surface area contributed by atoms with Gasteiger partial charge in [-0.25, -0.2) is 4.90 Å². The summed E-state index contributed by atoms with van der Waals surface area (Å²) in [6.45, 7) is 0.176. The van der Waals surface area contributed by atoms with Gasteiger partial charge in [0.2, 0.25) is 23.6 Å². The molecule has 258 valence electrons. The zero-order valence-corrected chi connectivity index (χ0v) is 28.5. The molecule has 3 fully saturated rings. The summed E-state index contributed by atoms with van der Waals surface area (Å²) < 4.78 is 5.60. The van der Waals surface area contributed by atoms with E-state index in [1.807, 2.05) is 36.4 Å². The molecule has 2 N–H and O–H groups in total. The summed E-state index contributed by atoms with van der Waals surface area (Å²) in [6, 6.07) is 27.3. The number of likely N-dealkylation sites (tertiary alicyclic amines) is 1. The van der Waals surface area contributed by atoms with Gasteiger partial charge in [0.05, 0.1) is 36.0 Å². The highest BCUT2D eigenvalue weighted by Crippen LogP contribution is 2.65. The van der Waals surface area contributed by atoms with Crippen molar-refractivity contribution in [2.24, 2.45) is 23.7 Å². The second kappa shape index (κ2) is 12.4. The highest BCUT2D eigenvalue weighted by atomic mass is 35.5. The Hall–Kier alpha value is -5.41. The SMILES string of the molecule is COc1ccc(O)c(C2C3=CCC4C(=O)N(CCc5ccc(O)cc5)C(=O)C4C3CC3C(=O)N(c4cccc(Cl)c4)C(=O)C32c2ccccc2)c1. The number of halogens is 1. The molecule has 2 aliphatic heterocycles. The number of rotatable bonds is 7. The van der Waals surface area contributed by atoms with Crippen LogP contribution in [0.5, 0.6) is 17.2 Å². The summed E-state index contributed by atoms with van der Waals surface area (Å²) >= 11 is 6.39. The maximum atomic E-state index is 15.3. The number of amides is 4. The van der Waals surface area contributed by atoms with E-state index in [1.54, 1.807) is 60.7 Å². The van der Waals surface area contributed by atoms with Crippen molar-refractivity contribution in [2.45, 2.75) is 30.6 Å². The lowest BCUT2D eigenvalue weighted by atomic mass is 9.49. The molecule has 51 heavy (non-hydrogen) atoms. The highest BCUT2D eigenvalue weighted by molar-refractivity contribution is 6.32. The third-order valence-corrected chi connectivity index (χ3v) is 11.6. The van der Waals surface area contributed by atoms with E-state index >= 15 is 4.79 Å². The van der Waals surface area contributed by atoms with E-state index in [0.717, 1.165) is 11.1 Å². The fraction of sp³-hybridized carbons (Fsp3) is 0.268. The van der Waals surface area contributed by atoms with E-state index in [2.05, 4.69) is 0 Å². The monoisotopic (exact) mass is 702 g/mol. The molecule has 4 aromatic carbocycles. The number of carbonyl (C=O) groups is 4. The Morgan fingerprint density at radius 3 is 2.33 bits per heavy atom. The van der Waals surface area contributed by atoms with Crippen molar-refractivity contribution in [1.29, 1.82) is 0 Å². The molecule has 0 spiro atoms. The van der Waals surface area contributed by atoms with Gasteiger partial charge in [-0.1, -0.05) is 71.8 Å². The van der Waals surface area contributed by atoms with Crippen molar-refractivity contribution in [3.63, 3.8) is 0 Å². The standard InChI is InChI=1S/C41H35ClN2O7/c1-51-28-14-17-34(46)32(21-28)36-29-15-16-30-35(39(49)43(37(30)47)19-18-23-10-12-27(45)13-11-23)31(29)22-33-38(48)44(26-9-5-8-25(42)20-26)40(50)41(33,36)24-6-3-2-4-7-24/h2-15,17,20-21,30-31,33,35-36,45-46H,16,18-19,22H2,1H3. The number of hydrogen-bond acceptors (Lipinski definition) is 7. The third kappa shape index (κ3) is 4.97. The molecule has 6 atom stereocenters. The number of aromatic hydroxyl groups is 2. The fourth-order valence-corrected chi connectivity index (χ4v) is 9.35. The number of phenolic OH excluding ortho intramolecular Hbond substituents is 2. The minimum atomic E-state index is -1.51. The van der Waals surface area contributed by atoms with E-state index < -0.39 is 46.8 Å². The van der Waals surface area contributed by atoms with Crippen LogP contribution in [0.3, 0.4) is 0 Å². The molecule has 6 unspecified atom stereocenters. The molecule has 0 radical (unpaired) electrons. The zero-order valence-electron chi connectivity index (χ0n) is 27.7. The Kier molecular flexibility index (Phi) is 7.98. The lowest BCUT2D eigenvalue weighted by Crippen LogP contribution is -2.53. The Morgan fingerprint density at radius 1 is 0.843 bits per heavy atom. The molecule has 2 aliphatic carbocycles. The first-order valence-corrected chi connectivity index (χ1v) is 17.4. The molecule has 4 amide bonds. The van der Waals surface area contributed by atoms with Crippen LogP contribution in [0, 0.1) is 23.7 Å². The van der Waals surface area contributed by atoms with Gasteiger partial charge in [0.25, 0.3) is 0 Å². The molecule has 1 saturated carbocycles. The van der Waals surface area contributed by atoms with Gasteiger partial charge in [-0.3, -0.25) is 24.1 Å². The molecule has 4 aromatic rings. The van der Waals surface area contributed by atoms with Crippen molar-refractivity contribution in [1.82, 2.24) is 4.90 Å². The number of methoxy groups -OCH3 is 1. The van der Waals surface area contributed by atoms with Gasteiger partial charge in [0.1, 0.15) is 17.2 Å². The summed E-state index contributed by atoms with van der Waals surface area (Å²) in [7, 11) is 1.51. The second-order valence-electron chi connectivity index (χ2n) is 13.8. The number of phenols is 2. The first kappa shape index (κ1) is 32.8. The predicted octanol–water partition coefficient (Wildman–Crippen LogP) is 6.16. The molecule has 2 saturated heterocycles. The van der Waals surface area contributed by atoms with E-state index in [-0.39, 0.29) is 42.7 Å². The molecular formula is C41H35ClN2O7. The average molecular weight is 703 g/mol. The Bertz CT molecular complexity index is 2120. The molecule has 4 aliphatic rings. The lowest BCUT2D eigenvalue weighted by molar-refractivity contribution is -0.140. The Labute approximate surface area is 299 Å². The second-order valence-corrected chi connectivity index (χ2v) is 14.2. The van der Waals surface area contributed by atoms with Crippen molar-refractivity contribution in [3.05, 3.63) is 130 Å². The maximum absolute atomic E-state index is 15.3. The lowest BCUT2D eigenvalue weighted by Gasteiger charge is -2.50. The van der Waals surface area contributed by atoms with Crippen LogP contribution in [0.2, 0.25) is 5.02 Å². The quantitative estimate of drug-likeness (QED) is 0.175. The summed E-state index contributed by atoms with van der Waals surface area (Å²) in [5.41, 5.74) is 1.44. The summed E-state index contributed by atoms with van der Waals surface area (Å²) in [5, 5.41) is 21.7. The van der Waals surface area contributed by atoms with Crippen LogP contribution < -0.4 is 9.64 Å². The number of allylic oxidation sites excluding steroid dienone is 2. The van der Waals surface area contributed by atoms with E-state index in [1.165, 1.54) is 23.0 Å². The Morgan fingerprint density at radius 2 is 1.61 bits per heavy atom. The fourth-order valence-electron chi connectivity index (χ4n) is 9.17. The van der Waals surface area contributed by atoms with E-state index in [0.29, 0.717) is 34.0 Å². The summed E-state index contributed by atoms with van der Waals surface area (Å²) in [5.74, 6) is -4.69. The van der Waals surface area contributed by atoms with Crippen molar-refractivity contribution < 1.29 is 34.1 Å². The van der Waals surface area contributed by atoms with Gasteiger partial charge in [-0.15, -0.1) is 0 Å². The number of benzene rings is 4. The minimum absolute atomic E-state index is 0.0793. The normalized spacial score (nSPS) is 26.9. The number of ether oxygens (including phenoxy) is 1. The van der Waals surface area contributed by atoms with Crippen LogP contribution in [0.1, 0.15) is 35.4 Å². The Balaban J connectivity index is 1.29. The van der Waals surface area contributed by atoms with Crippen LogP contribution in [0.4, 0.5) is 5.69 Å².